The summed E-state index contributed by atoms with van der Waals surface area (Å²) in [5.74, 6) is 1.18. The number of aromatic nitrogens is 5. The van der Waals surface area contributed by atoms with Crippen LogP contribution in [0.1, 0.15) is 41.5 Å². The molecule has 1 amide bonds. The van der Waals surface area contributed by atoms with Gasteiger partial charge >= 0.3 is 0 Å². The Labute approximate surface area is 185 Å². The maximum Gasteiger partial charge on any atom is 0.227 e. The van der Waals surface area contributed by atoms with Gasteiger partial charge in [0, 0.05) is 65.4 Å². The fourth-order valence-electron chi connectivity index (χ4n) is 4.30. The second-order valence-electron chi connectivity index (χ2n) is 8.27. The minimum Gasteiger partial charge on any atom is -0.361 e. The summed E-state index contributed by atoms with van der Waals surface area (Å²) in [6, 6.07) is 6.22. The topological polar surface area (TPSA) is 97.9 Å². The molecular formula is C24H24N6O2. The van der Waals surface area contributed by atoms with E-state index in [2.05, 4.69) is 38.3 Å². The highest BCUT2D eigenvalue weighted by Gasteiger charge is 2.26. The standard InChI is InChI=1S/C24H24N6O2/c1-15-21(16(2)32-29-15)10-23(31)30-7-5-17(6-8-30)22-4-3-18-9-19(13-27-24(18)28-22)20-11-25-14-26-12-20/h3-4,9,11-14,17H,5-8,10H2,1-2H3. The number of pyridine rings is 2. The molecular weight excluding hydrogens is 404 g/mol. The average Bonchev–Trinajstić information content (AvgIpc) is 3.16. The Morgan fingerprint density at radius 3 is 2.59 bits per heavy atom. The van der Waals surface area contributed by atoms with Crippen LogP contribution in [0.4, 0.5) is 0 Å². The zero-order valence-electron chi connectivity index (χ0n) is 18.2. The van der Waals surface area contributed by atoms with Gasteiger partial charge in [-0.1, -0.05) is 5.16 Å². The average molecular weight is 428 g/mol. The number of carbonyl (C=O) groups excluding carboxylic acids is 1. The first-order chi connectivity index (χ1) is 15.6. The van der Waals surface area contributed by atoms with Gasteiger partial charge in [0.05, 0.1) is 12.1 Å². The van der Waals surface area contributed by atoms with Crippen LogP contribution in [0.5, 0.6) is 0 Å². The van der Waals surface area contributed by atoms with Crippen molar-refractivity contribution in [2.24, 2.45) is 0 Å². The summed E-state index contributed by atoms with van der Waals surface area (Å²) in [6.07, 6.45) is 9.02. The number of amides is 1. The van der Waals surface area contributed by atoms with Crippen molar-refractivity contribution >= 4 is 16.9 Å². The summed E-state index contributed by atoms with van der Waals surface area (Å²) in [7, 11) is 0. The third-order valence-corrected chi connectivity index (χ3v) is 6.23. The van der Waals surface area contributed by atoms with E-state index in [0.29, 0.717) is 12.3 Å². The Morgan fingerprint density at radius 1 is 1.09 bits per heavy atom. The predicted molar refractivity (Wildman–Crippen MR) is 119 cm³/mol. The lowest BCUT2D eigenvalue weighted by Gasteiger charge is -2.32. The van der Waals surface area contributed by atoms with E-state index in [0.717, 1.165) is 70.8 Å². The van der Waals surface area contributed by atoms with Gasteiger partial charge in [-0.2, -0.15) is 0 Å². The largest absolute Gasteiger partial charge is 0.361 e. The zero-order chi connectivity index (χ0) is 22.1. The fraction of sp³-hybridized carbons (Fsp3) is 0.333. The number of hydrogen-bond donors (Lipinski definition) is 0. The lowest BCUT2D eigenvalue weighted by atomic mass is 9.92. The highest BCUT2D eigenvalue weighted by Crippen LogP contribution is 2.29. The molecule has 8 nitrogen and oxygen atoms in total. The third-order valence-electron chi connectivity index (χ3n) is 6.23. The molecule has 32 heavy (non-hydrogen) atoms. The van der Waals surface area contributed by atoms with E-state index in [1.54, 1.807) is 12.4 Å². The van der Waals surface area contributed by atoms with Crippen LogP contribution in [-0.4, -0.2) is 49.0 Å². The summed E-state index contributed by atoms with van der Waals surface area (Å²) in [4.78, 5) is 32.2. The van der Waals surface area contributed by atoms with Crippen LogP contribution in [0, 0.1) is 13.8 Å². The summed E-state index contributed by atoms with van der Waals surface area (Å²) < 4.78 is 5.18. The van der Waals surface area contributed by atoms with Gasteiger partial charge in [-0.25, -0.2) is 19.9 Å². The Morgan fingerprint density at radius 2 is 1.88 bits per heavy atom. The molecule has 5 rings (SSSR count). The van der Waals surface area contributed by atoms with E-state index >= 15 is 0 Å². The van der Waals surface area contributed by atoms with Gasteiger partial charge in [0.1, 0.15) is 12.1 Å². The minimum absolute atomic E-state index is 0.128. The van der Waals surface area contributed by atoms with Crippen molar-refractivity contribution in [2.45, 2.75) is 39.0 Å². The highest BCUT2D eigenvalue weighted by atomic mass is 16.5. The fourth-order valence-corrected chi connectivity index (χ4v) is 4.30. The van der Waals surface area contributed by atoms with E-state index in [1.807, 2.05) is 24.9 Å². The molecule has 4 aromatic rings. The minimum atomic E-state index is 0.128. The molecule has 1 saturated heterocycles. The van der Waals surface area contributed by atoms with Gasteiger partial charge in [0.25, 0.3) is 0 Å². The molecule has 8 heteroatoms. The van der Waals surface area contributed by atoms with Crippen molar-refractivity contribution in [2.75, 3.05) is 13.1 Å². The Hall–Kier alpha value is -3.68. The normalized spacial score (nSPS) is 14.8. The lowest BCUT2D eigenvalue weighted by Crippen LogP contribution is -2.39. The highest BCUT2D eigenvalue weighted by molar-refractivity contribution is 5.81. The van der Waals surface area contributed by atoms with Crippen LogP contribution in [0.3, 0.4) is 0 Å². The van der Waals surface area contributed by atoms with Gasteiger partial charge in [0.15, 0.2) is 5.65 Å². The Balaban J connectivity index is 1.26. The molecule has 0 radical (unpaired) electrons. The Kier molecular flexibility index (Phi) is 5.34. The molecule has 0 saturated carbocycles. The second-order valence-corrected chi connectivity index (χ2v) is 8.27. The second kappa shape index (κ2) is 8.45. The summed E-state index contributed by atoms with van der Waals surface area (Å²) in [5.41, 5.74) is 5.37. The van der Waals surface area contributed by atoms with Crippen LogP contribution < -0.4 is 0 Å². The van der Waals surface area contributed by atoms with E-state index in [9.17, 15) is 4.79 Å². The molecule has 1 aliphatic rings. The number of aryl methyl sites for hydroxylation is 2. The van der Waals surface area contributed by atoms with Crippen molar-refractivity contribution in [1.29, 1.82) is 0 Å². The molecule has 0 atom stereocenters. The van der Waals surface area contributed by atoms with Crippen molar-refractivity contribution in [1.82, 2.24) is 30.0 Å². The van der Waals surface area contributed by atoms with Crippen LogP contribution >= 0.6 is 0 Å². The summed E-state index contributed by atoms with van der Waals surface area (Å²) in [5, 5.41) is 4.94. The van der Waals surface area contributed by atoms with Gasteiger partial charge in [-0.15, -0.1) is 0 Å². The van der Waals surface area contributed by atoms with Crippen LogP contribution in [0.25, 0.3) is 22.2 Å². The van der Waals surface area contributed by atoms with Gasteiger partial charge < -0.3 is 9.42 Å². The molecule has 0 N–H and O–H groups in total. The van der Waals surface area contributed by atoms with Crippen molar-refractivity contribution in [3.8, 4) is 11.1 Å². The molecule has 4 aromatic heterocycles. The molecule has 5 heterocycles. The number of likely N-dealkylation sites (tertiary alicyclic amines) is 1. The molecule has 0 unspecified atom stereocenters. The smallest absolute Gasteiger partial charge is 0.227 e. The van der Waals surface area contributed by atoms with Crippen LogP contribution in [0.15, 0.2) is 47.6 Å². The maximum absolute atomic E-state index is 12.8. The van der Waals surface area contributed by atoms with Gasteiger partial charge in [0.2, 0.25) is 5.91 Å². The predicted octanol–water partition coefficient (Wildman–Crippen LogP) is 3.64. The van der Waals surface area contributed by atoms with Gasteiger partial charge in [-0.05, 0) is 44.9 Å². The zero-order valence-corrected chi connectivity index (χ0v) is 18.2. The van der Waals surface area contributed by atoms with E-state index in [4.69, 9.17) is 9.51 Å². The number of piperidine rings is 1. The van der Waals surface area contributed by atoms with E-state index in [1.165, 1.54) is 6.33 Å². The van der Waals surface area contributed by atoms with E-state index < -0.39 is 0 Å². The Bertz CT molecular complexity index is 1240. The molecule has 0 aliphatic carbocycles. The molecule has 162 valence electrons. The first-order valence-electron chi connectivity index (χ1n) is 10.8. The monoisotopic (exact) mass is 428 g/mol. The summed E-state index contributed by atoms with van der Waals surface area (Å²) >= 11 is 0. The maximum atomic E-state index is 12.8. The lowest BCUT2D eigenvalue weighted by molar-refractivity contribution is -0.131. The summed E-state index contributed by atoms with van der Waals surface area (Å²) in [6.45, 7) is 5.19. The number of rotatable bonds is 4. The quantitative estimate of drug-likeness (QED) is 0.489. The molecule has 0 spiro atoms. The van der Waals surface area contributed by atoms with Gasteiger partial charge in [-0.3, -0.25) is 4.79 Å². The van der Waals surface area contributed by atoms with Crippen molar-refractivity contribution in [3.63, 3.8) is 0 Å². The van der Waals surface area contributed by atoms with Crippen LogP contribution in [-0.2, 0) is 11.2 Å². The third kappa shape index (κ3) is 3.95. The van der Waals surface area contributed by atoms with Crippen molar-refractivity contribution < 1.29 is 9.32 Å². The molecule has 1 aliphatic heterocycles. The number of fused-ring (bicyclic) bond motifs is 1. The van der Waals surface area contributed by atoms with E-state index in [-0.39, 0.29) is 5.91 Å². The first kappa shape index (κ1) is 20.2. The number of carbonyl (C=O) groups is 1. The molecule has 0 aromatic carbocycles. The molecule has 0 bridgehead atoms. The van der Waals surface area contributed by atoms with Crippen molar-refractivity contribution in [3.05, 3.63) is 65.8 Å². The van der Waals surface area contributed by atoms with Crippen LogP contribution in [0.2, 0.25) is 0 Å². The number of nitrogens with zero attached hydrogens (tertiary/aromatic N) is 6. The number of hydrogen-bond acceptors (Lipinski definition) is 7. The molecule has 1 fully saturated rings. The SMILES string of the molecule is Cc1noc(C)c1CC(=O)N1CCC(c2ccc3cc(-c4cncnc4)cnc3n2)CC1. The first-order valence-corrected chi connectivity index (χ1v) is 10.8.